The van der Waals surface area contributed by atoms with Gasteiger partial charge in [0.1, 0.15) is 0 Å². The molecule has 1 aromatic rings. The fourth-order valence-corrected chi connectivity index (χ4v) is 2.49. The molecule has 1 unspecified atom stereocenters. The van der Waals surface area contributed by atoms with E-state index in [0.29, 0.717) is 25.8 Å². The average molecular weight is 270 g/mol. The highest BCUT2D eigenvalue weighted by molar-refractivity contribution is 7.09. The van der Waals surface area contributed by atoms with Crippen molar-refractivity contribution in [2.75, 3.05) is 19.8 Å². The molecule has 2 rings (SSSR count). The largest absolute Gasteiger partial charge is 0.386 e. The molecule has 5 heteroatoms. The van der Waals surface area contributed by atoms with Crippen LogP contribution in [0.3, 0.4) is 0 Å². The molecule has 1 heterocycles. The maximum Gasteiger partial charge on any atom is 0.0975 e. The van der Waals surface area contributed by atoms with E-state index < -0.39 is 5.60 Å². The zero-order valence-electron chi connectivity index (χ0n) is 11.1. The lowest BCUT2D eigenvalue weighted by Crippen LogP contribution is -2.42. The molecule has 102 valence electrons. The third-order valence-corrected chi connectivity index (χ3v) is 4.08. The molecule has 4 nitrogen and oxygen atoms in total. The quantitative estimate of drug-likeness (QED) is 0.703. The fraction of sp³-hybridized carbons (Fsp3) is 0.769. The lowest BCUT2D eigenvalue weighted by atomic mass is 10.1. The van der Waals surface area contributed by atoms with E-state index in [0.717, 1.165) is 12.1 Å². The Balaban J connectivity index is 1.60. The van der Waals surface area contributed by atoms with Crippen LogP contribution in [0.1, 0.15) is 30.3 Å². The Morgan fingerprint density at radius 2 is 2.39 bits per heavy atom. The first-order chi connectivity index (χ1) is 8.57. The van der Waals surface area contributed by atoms with Crippen LogP contribution in [0.15, 0.2) is 5.51 Å². The highest BCUT2D eigenvalue weighted by Crippen LogP contribution is 2.19. The molecule has 18 heavy (non-hydrogen) atoms. The van der Waals surface area contributed by atoms with E-state index in [1.54, 1.807) is 11.3 Å². The molecule has 0 aromatic carbocycles. The van der Waals surface area contributed by atoms with Crippen molar-refractivity contribution in [1.82, 2.24) is 10.3 Å². The topological polar surface area (TPSA) is 54.4 Å². The van der Waals surface area contributed by atoms with Crippen molar-refractivity contribution in [2.45, 2.75) is 44.8 Å². The molecule has 0 aliphatic heterocycles. The summed E-state index contributed by atoms with van der Waals surface area (Å²) < 4.78 is 5.57. The molecule has 1 saturated carbocycles. The van der Waals surface area contributed by atoms with Gasteiger partial charge in [-0.05, 0) is 26.7 Å². The summed E-state index contributed by atoms with van der Waals surface area (Å²) in [4.78, 5) is 5.47. The summed E-state index contributed by atoms with van der Waals surface area (Å²) in [6.07, 6.45) is 3.35. The summed E-state index contributed by atoms with van der Waals surface area (Å²) in [5.41, 5.74) is 2.18. The molecule has 0 saturated heterocycles. The second-order valence-electron chi connectivity index (χ2n) is 5.32. The van der Waals surface area contributed by atoms with Gasteiger partial charge in [-0.3, -0.25) is 0 Å². The Bertz CT molecular complexity index is 375. The van der Waals surface area contributed by atoms with Gasteiger partial charge >= 0.3 is 0 Å². The number of aromatic nitrogens is 1. The lowest BCUT2D eigenvalue weighted by Gasteiger charge is -2.23. The zero-order chi connectivity index (χ0) is 13.0. The summed E-state index contributed by atoms with van der Waals surface area (Å²) in [5.74, 6) is 0. The first-order valence-electron chi connectivity index (χ1n) is 6.49. The smallest absolute Gasteiger partial charge is 0.0975 e. The van der Waals surface area contributed by atoms with Crippen molar-refractivity contribution >= 4 is 11.3 Å². The van der Waals surface area contributed by atoms with E-state index >= 15 is 0 Å². The number of thiazole rings is 1. The second-order valence-corrected chi connectivity index (χ2v) is 6.25. The van der Waals surface area contributed by atoms with Crippen molar-refractivity contribution in [3.05, 3.63) is 16.1 Å². The molecule has 1 aliphatic carbocycles. The van der Waals surface area contributed by atoms with Crippen LogP contribution < -0.4 is 5.32 Å². The van der Waals surface area contributed by atoms with Gasteiger partial charge in [0.15, 0.2) is 0 Å². The van der Waals surface area contributed by atoms with Crippen LogP contribution in [0, 0.1) is 6.92 Å². The number of nitrogens with zero attached hydrogens (tertiary/aromatic N) is 1. The van der Waals surface area contributed by atoms with Crippen LogP contribution >= 0.6 is 11.3 Å². The molecular weight excluding hydrogens is 248 g/mol. The Morgan fingerprint density at radius 3 is 3.00 bits per heavy atom. The van der Waals surface area contributed by atoms with Gasteiger partial charge in [0.25, 0.3) is 0 Å². The second kappa shape index (κ2) is 6.10. The Labute approximate surface area is 112 Å². The SMILES string of the molecule is Cc1ncsc1CCOCC(C)(O)CNC1CC1. The van der Waals surface area contributed by atoms with Gasteiger partial charge in [0, 0.05) is 23.9 Å². The molecule has 0 amide bonds. The number of hydrogen-bond donors (Lipinski definition) is 2. The van der Waals surface area contributed by atoms with E-state index in [4.69, 9.17) is 4.74 Å². The predicted octanol–water partition coefficient (Wildman–Crippen LogP) is 1.51. The third kappa shape index (κ3) is 4.65. The Hall–Kier alpha value is -0.490. The first kappa shape index (κ1) is 13.9. The maximum absolute atomic E-state index is 10.1. The van der Waals surface area contributed by atoms with Crippen molar-refractivity contribution in [3.63, 3.8) is 0 Å². The summed E-state index contributed by atoms with van der Waals surface area (Å²) in [5, 5.41) is 13.4. The van der Waals surface area contributed by atoms with Gasteiger partial charge in [-0.2, -0.15) is 0 Å². The summed E-state index contributed by atoms with van der Waals surface area (Å²) in [7, 11) is 0. The molecule has 1 aromatic heterocycles. The molecule has 1 aliphatic rings. The van der Waals surface area contributed by atoms with E-state index in [-0.39, 0.29) is 0 Å². The molecule has 1 fully saturated rings. The van der Waals surface area contributed by atoms with Crippen molar-refractivity contribution in [1.29, 1.82) is 0 Å². The van der Waals surface area contributed by atoms with E-state index in [9.17, 15) is 5.11 Å². The van der Waals surface area contributed by atoms with Gasteiger partial charge in [-0.15, -0.1) is 11.3 Å². The number of rotatable bonds is 8. The Kier molecular flexibility index (Phi) is 4.72. The standard InChI is InChI=1S/C13H22N2O2S/c1-10-12(18-9-15-10)5-6-17-8-13(2,16)7-14-11-3-4-11/h9,11,14,16H,3-8H2,1-2H3. The van der Waals surface area contributed by atoms with Gasteiger partial charge in [-0.1, -0.05) is 0 Å². The van der Waals surface area contributed by atoms with Crippen LogP contribution in [0.25, 0.3) is 0 Å². The van der Waals surface area contributed by atoms with Crippen LogP contribution in [-0.4, -0.2) is 41.5 Å². The van der Waals surface area contributed by atoms with Crippen molar-refractivity contribution in [3.8, 4) is 0 Å². The van der Waals surface area contributed by atoms with Gasteiger partial charge in [0.05, 0.1) is 30.0 Å². The van der Waals surface area contributed by atoms with E-state index in [1.165, 1.54) is 17.7 Å². The van der Waals surface area contributed by atoms with E-state index in [2.05, 4.69) is 10.3 Å². The molecule has 0 bridgehead atoms. The first-order valence-corrected chi connectivity index (χ1v) is 7.37. The lowest BCUT2D eigenvalue weighted by molar-refractivity contribution is -0.0316. The normalized spacial score (nSPS) is 18.8. The minimum Gasteiger partial charge on any atom is -0.386 e. The molecule has 0 spiro atoms. The number of aryl methyl sites for hydroxylation is 1. The van der Waals surface area contributed by atoms with Crippen LogP contribution in [-0.2, 0) is 11.2 Å². The minimum atomic E-state index is -0.772. The highest BCUT2D eigenvalue weighted by atomic mass is 32.1. The average Bonchev–Trinajstić information content (AvgIpc) is 3.06. The number of nitrogens with one attached hydrogen (secondary N) is 1. The minimum absolute atomic E-state index is 0.380. The molecule has 0 radical (unpaired) electrons. The highest BCUT2D eigenvalue weighted by Gasteiger charge is 2.26. The molecule has 1 atom stereocenters. The third-order valence-electron chi connectivity index (χ3n) is 3.08. The Morgan fingerprint density at radius 1 is 1.61 bits per heavy atom. The predicted molar refractivity (Wildman–Crippen MR) is 73.0 cm³/mol. The fourth-order valence-electron chi connectivity index (χ4n) is 1.73. The number of hydrogen-bond acceptors (Lipinski definition) is 5. The number of ether oxygens (including phenoxy) is 1. The monoisotopic (exact) mass is 270 g/mol. The van der Waals surface area contributed by atoms with Gasteiger partial charge in [-0.25, -0.2) is 4.98 Å². The van der Waals surface area contributed by atoms with Gasteiger partial charge in [0.2, 0.25) is 0 Å². The van der Waals surface area contributed by atoms with E-state index in [1.807, 2.05) is 19.4 Å². The number of aliphatic hydroxyl groups is 1. The summed E-state index contributed by atoms with van der Waals surface area (Å²) in [6, 6.07) is 0.622. The van der Waals surface area contributed by atoms with Gasteiger partial charge < -0.3 is 15.2 Å². The van der Waals surface area contributed by atoms with Crippen LogP contribution in [0.2, 0.25) is 0 Å². The van der Waals surface area contributed by atoms with Crippen molar-refractivity contribution in [2.24, 2.45) is 0 Å². The van der Waals surface area contributed by atoms with Crippen LogP contribution in [0.4, 0.5) is 0 Å². The molecule has 2 N–H and O–H groups in total. The van der Waals surface area contributed by atoms with Crippen molar-refractivity contribution < 1.29 is 9.84 Å². The maximum atomic E-state index is 10.1. The zero-order valence-corrected chi connectivity index (χ0v) is 11.9. The molecular formula is C13H22N2O2S. The van der Waals surface area contributed by atoms with Crippen LogP contribution in [0.5, 0.6) is 0 Å². The summed E-state index contributed by atoms with van der Waals surface area (Å²) >= 11 is 1.66. The summed E-state index contributed by atoms with van der Waals surface area (Å²) in [6.45, 7) is 5.46.